The van der Waals surface area contributed by atoms with E-state index >= 15 is 0 Å². The van der Waals surface area contributed by atoms with Gasteiger partial charge in [-0.05, 0) is 30.7 Å². The van der Waals surface area contributed by atoms with Crippen LogP contribution < -0.4 is 10.2 Å². The summed E-state index contributed by atoms with van der Waals surface area (Å²) in [5.41, 5.74) is 1.42. The van der Waals surface area contributed by atoms with Gasteiger partial charge in [-0.2, -0.15) is 0 Å². The number of morpholine rings is 1. The number of benzene rings is 1. The first-order valence-electron chi connectivity index (χ1n) is 7.41. The fourth-order valence-electron chi connectivity index (χ4n) is 2.53. The van der Waals surface area contributed by atoms with E-state index in [1.807, 2.05) is 11.8 Å². The van der Waals surface area contributed by atoms with E-state index < -0.39 is 4.92 Å². The van der Waals surface area contributed by atoms with E-state index in [2.05, 4.69) is 15.3 Å². The minimum Gasteiger partial charge on any atom is -0.378 e. The minimum absolute atomic E-state index is 0.145. The summed E-state index contributed by atoms with van der Waals surface area (Å²) in [7, 11) is 0. The van der Waals surface area contributed by atoms with Crippen LogP contribution in [0.3, 0.4) is 0 Å². The molecule has 0 radical (unpaired) electrons. The molecule has 0 saturated carbocycles. The lowest BCUT2D eigenvalue weighted by molar-refractivity contribution is -0.383. The number of nitrogens with zero attached hydrogens (tertiary/aromatic N) is 4. The average molecular weight is 350 g/mol. The maximum atomic E-state index is 11.6. The summed E-state index contributed by atoms with van der Waals surface area (Å²) in [4.78, 5) is 21.2. The maximum Gasteiger partial charge on any atom is 0.353 e. The van der Waals surface area contributed by atoms with E-state index in [0.29, 0.717) is 42.8 Å². The first kappa shape index (κ1) is 16.4. The number of rotatable bonds is 4. The van der Waals surface area contributed by atoms with Crippen LogP contribution >= 0.6 is 11.6 Å². The fraction of sp³-hybridized carbons (Fsp3) is 0.333. The number of hydrogen-bond acceptors (Lipinski definition) is 7. The van der Waals surface area contributed by atoms with Gasteiger partial charge in [0.15, 0.2) is 0 Å². The molecule has 2 aromatic rings. The van der Waals surface area contributed by atoms with Crippen LogP contribution in [0.2, 0.25) is 5.02 Å². The number of aryl methyl sites for hydroxylation is 1. The highest BCUT2D eigenvalue weighted by Crippen LogP contribution is 2.34. The van der Waals surface area contributed by atoms with Gasteiger partial charge in [-0.1, -0.05) is 11.6 Å². The van der Waals surface area contributed by atoms with Crippen LogP contribution in [0.25, 0.3) is 0 Å². The Balaban J connectivity index is 1.99. The van der Waals surface area contributed by atoms with Crippen LogP contribution in [0.5, 0.6) is 0 Å². The largest absolute Gasteiger partial charge is 0.378 e. The van der Waals surface area contributed by atoms with Crippen molar-refractivity contribution in [2.24, 2.45) is 0 Å². The molecule has 1 N–H and O–H groups in total. The van der Waals surface area contributed by atoms with Crippen molar-refractivity contribution in [1.29, 1.82) is 0 Å². The molecule has 1 fully saturated rings. The Bertz CT molecular complexity index is 765. The van der Waals surface area contributed by atoms with Crippen molar-refractivity contribution in [1.82, 2.24) is 9.97 Å². The van der Waals surface area contributed by atoms with Crippen molar-refractivity contribution in [2.45, 2.75) is 6.92 Å². The normalized spacial score (nSPS) is 14.5. The zero-order valence-corrected chi connectivity index (χ0v) is 13.8. The van der Waals surface area contributed by atoms with Crippen molar-refractivity contribution in [3.63, 3.8) is 0 Å². The van der Waals surface area contributed by atoms with Gasteiger partial charge >= 0.3 is 5.69 Å². The van der Waals surface area contributed by atoms with Gasteiger partial charge in [-0.3, -0.25) is 10.1 Å². The summed E-state index contributed by atoms with van der Waals surface area (Å²) in [6.07, 6.45) is 1.32. The molecule has 2 heterocycles. The Morgan fingerprint density at radius 1 is 1.33 bits per heavy atom. The molecule has 0 aliphatic carbocycles. The third kappa shape index (κ3) is 3.39. The van der Waals surface area contributed by atoms with E-state index in [-0.39, 0.29) is 11.5 Å². The van der Waals surface area contributed by atoms with E-state index in [0.717, 1.165) is 5.56 Å². The predicted molar refractivity (Wildman–Crippen MR) is 91.2 cm³/mol. The predicted octanol–water partition coefficient (Wildman–Crippen LogP) is 2.93. The number of halogens is 1. The molecule has 126 valence electrons. The molecule has 0 amide bonds. The second-order valence-corrected chi connectivity index (χ2v) is 5.77. The summed E-state index contributed by atoms with van der Waals surface area (Å²) < 4.78 is 5.29. The fourth-order valence-corrected chi connectivity index (χ4v) is 2.76. The third-order valence-corrected chi connectivity index (χ3v) is 3.97. The molecule has 3 rings (SSSR count). The van der Waals surface area contributed by atoms with Gasteiger partial charge in [-0.15, -0.1) is 0 Å². The number of nitro groups is 1. The molecule has 0 unspecified atom stereocenters. The van der Waals surface area contributed by atoms with Crippen LogP contribution in [0.1, 0.15) is 5.56 Å². The van der Waals surface area contributed by atoms with Crippen LogP contribution in [0.15, 0.2) is 24.5 Å². The molecule has 8 nitrogen and oxygen atoms in total. The molecule has 0 bridgehead atoms. The number of hydrogen-bond donors (Lipinski definition) is 1. The van der Waals surface area contributed by atoms with Crippen molar-refractivity contribution < 1.29 is 9.66 Å². The molecule has 1 aliphatic heterocycles. The minimum atomic E-state index is -0.460. The molecule has 24 heavy (non-hydrogen) atoms. The Hall–Kier alpha value is -2.45. The Labute approximate surface area is 143 Å². The highest BCUT2D eigenvalue weighted by Gasteiger charge is 2.28. The molecule has 0 spiro atoms. The molecular formula is C15H16ClN5O3. The summed E-state index contributed by atoms with van der Waals surface area (Å²) in [6, 6.07) is 5.25. The van der Waals surface area contributed by atoms with Crippen LogP contribution in [0.4, 0.5) is 23.0 Å². The van der Waals surface area contributed by atoms with Gasteiger partial charge < -0.3 is 15.0 Å². The van der Waals surface area contributed by atoms with Crippen LogP contribution in [0, 0.1) is 17.0 Å². The molecule has 0 atom stereocenters. The number of ether oxygens (including phenoxy) is 1. The Morgan fingerprint density at radius 3 is 2.75 bits per heavy atom. The number of nitrogens with one attached hydrogen (secondary N) is 1. The second kappa shape index (κ2) is 6.98. The first-order valence-corrected chi connectivity index (χ1v) is 7.79. The van der Waals surface area contributed by atoms with Gasteiger partial charge in [0.1, 0.15) is 6.33 Å². The van der Waals surface area contributed by atoms with Crippen LogP contribution in [-0.4, -0.2) is 41.2 Å². The van der Waals surface area contributed by atoms with Crippen molar-refractivity contribution in [3.8, 4) is 0 Å². The zero-order chi connectivity index (χ0) is 17.1. The molecular weight excluding hydrogens is 334 g/mol. The third-order valence-electron chi connectivity index (χ3n) is 3.74. The highest BCUT2D eigenvalue weighted by molar-refractivity contribution is 6.30. The second-order valence-electron chi connectivity index (χ2n) is 5.34. The lowest BCUT2D eigenvalue weighted by Gasteiger charge is -2.27. The lowest BCUT2D eigenvalue weighted by Crippen LogP contribution is -2.37. The average Bonchev–Trinajstić information content (AvgIpc) is 2.58. The van der Waals surface area contributed by atoms with E-state index in [1.54, 1.807) is 18.2 Å². The summed E-state index contributed by atoms with van der Waals surface area (Å²) >= 11 is 5.95. The van der Waals surface area contributed by atoms with E-state index in [4.69, 9.17) is 16.3 Å². The molecule has 1 aliphatic rings. The van der Waals surface area contributed by atoms with Crippen molar-refractivity contribution >= 4 is 34.6 Å². The summed E-state index contributed by atoms with van der Waals surface area (Å²) in [5, 5.41) is 15.2. The smallest absolute Gasteiger partial charge is 0.353 e. The lowest BCUT2D eigenvalue weighted by atomic mass is 10.2. The highest BCUT2D eigenvalue weighted by atomic mass is 35.5. The quantitative estimate of drug-likeness (QED) is 0.670. The maximum absolute atomic E-state index is 11.6. The van der Waals surface area contributed by atoms with Crippen LogP contribution in [-0.2, 0) is 4.74 Å². The van der Waals surface area contributed by atoms with E-state index in [1.165, 1.54) is 6.33 Å². The van der Waals surface area contributed by atoms with Crippen molar-refractivity contribution in [2.75, 3.05) is 36.5 Å². The topological polar surface area (TPSA) is 93.4 Å². The monoisotopic (exact) mass is 349 g/mol. The summed E-state index contributed by atoms with van der Waals surface area (Å²) in [5.74, 6) is 0.453. The zero-order valence-electron chi connectivity index (χ0n) is 13.0. The number of anilines is 3. The van der Waals surface area contributed by atoms with E-state index in [9.17, 15) is 10.1 Å². The van der Waals surface area contributed by atoms with Gasteiger partial charge in [0.25, 0.3) is 0 Å². The molecule has 1 saturated heterocycles. The van der Waals surface area contributed by atoms with Gasteiger partial charge in [-0.25, -0.2) is 9.97 Å². The molecule has 9 heteroatoms. The van der Waals surface area contributed by atoms with Crippen molar-refractivity contribution in [3.05, 3.63) is 45.2 Å². The van der Waals surface area contributed by atoms with Gasteiger partial charge in [0.05, 0.1) is 18.1 Å². The standard InChI is InChI=1S/C15H16ClN5O3/c1-10-8-11(16)2-3-12(10)19-14-13(21(22)23)15(18-9-17-14)20-4-6-24-7-5-20/h2-3,8-9H,4-7H2,1H3,(H,17,18,19). The first-order chi connectivity index (χ1) is 11.6. The summed E-state index contributed by atoms with van der Waals surface area (Å²) in [6.45, 7) is 4.00. The molecule has 1 aromatic carbocycles. The molecule has 1 aromatic heterocycles. The Morgan fingerprint density at radius 2 is 2.08 bits per heavy atom. The van der Waals surface area contributed by atoms with Gasteiger partial charge in [0, 0.05) is 23.8 Å². The Kier molecular flexibility index (Phi) is 4.77. The number of aromatic nitrogens is 2. The SMILES string of the molecule is Cc1cc(Cl)ccc1Nc1ncnc(N2CCOCC2)c1[N+](=O)[O-]. The van der Waals surface area contributed by atoms with Gasteiger partial charge in [0.2, 0.25) is 11.6 Å².